The Morgan fingerprint density at radius 1 is 1.22 bits per heavy atom. The highest BCUT2D eigenvalue weighted by Crippen LogP contribution is 2.25. The van der Waals surface area contributed by atoms with Gasteiger partial charge in [-0.3, -0.25) is 14.7 Å². The van der Waals surface area contributed by atoms with E-state index in [1.54, 1.807) is 17.5 Å². The van der Waals surface area contributed by atoms with Gasteiger partial charge in [-0.1, -0.05) is 0 Å². The molecule has 1 N–H and O–H groups in total. The predicted octanol–water partition coefficient (Wildman–Crippen LogP) is 2.21. The van der Waals surface area contributed by atoms with Crippen LogP contribution >= 0.6 is 11.3 Å². The number of hydrogen-bond acceptors (Lipinski definition) is 7. The molecule has 144 valence electrons. The Balaban J connectivity index is 1.56. The van der Waals surface area contributed by atoms with Crippen molar-refractivity contribution < 1.29 is 0 Å². The number of nitrogens with zero attached hydrogens (tertiary/aromatic N) is 6. The van der Waals surface area contributed by atoms with Crippen LogP contribution in [-0.4, -0.2) is 55.8 Å². The van der Waals surface area contributed by atoms with Crippen molar-refractivity contribution in [3.63, 3.8) is 0 Å². The molecule has 0 aliphatic carbocycles. The topological polar surface area (TPSA) is 82.9 Å². The van der Waals surface area contributed by atoms with Crippen LogP contribution in [0.4, 0.5) is 5.95 Å². The molecular formula is C18H25N7OS. The van der Waals surface area contributed by atoms with Crippen LogP contribution in [0.2, 0.25) is 0 Å². The number of piperazine rings is 1. The zero-order valence-corrected chi connectivity index (χ0v) is 17.0. The summed E-state index contributed by atoms with van der Waals surface area (Å²) in [6.07, 6.45) is 3.46. The molecule has 1 atom stereocenters. The van der Waals surface area contributed by atoms with Gasteiger partial charge in [-0.15, -0.1) is 11.3 Å². The van der Waals surface area contributed by atoms with Crippen molar-refractivity contribution in [1.82, 2.24) is 29.6 Å². The molecule has 1 fully saturated rings. The van der Waals surface area contributed by atoms with Crippen LogP contribution < -0.4 is 10.5 Å². The largest absolute Gasteiger partial charge is 0.340 e. The lowest BCUT2D eigenvalue weighted by Gasteiger charge is -2.37. The van der Waals surface area contributed by atoms with Crippen molar-refractivity contribution in [2.45, 2.75) is 39.3 Å². The fourth-order valence-corrected chi connectivity index (χ4v) is 4.19. The summed E-state index contributed by atoms with van der Waals surface area (Å²) < 4.78 is 1.82. The molecule has 4 heterocycles. The lowest BCUT2D eigenvalue weighted by atomic mass is 10.1. The van der Waals surface area contributed by atoms with E-state index in [-0.39, 0.29) is 11.1 Å². The molecule has 1 aliphatic rings. The quantitative estimate of drug-likeness (QED) is 0.742. The molecule has 1 aliphatic heterocycles. The molecule has 27 heavy (non-hydrogen) atoms. The number of rotatable bonds is 3. The Morgan fingerprint density at radius 2 is 1.96 bits per heavy atom. The highest BCUT2D eigenvalue weighted by molar-refractivity contribution is 7.09. The lowest BCUT2D eigenvalue weighted by molar-refractivity contribution is 0.197. The summed E-state index contributed by atoms with van der Waals surface area (Å²) in [4.78, 5) is 29.2. The van der Waals surface area contributed by atoms with Gasteiger partial charge in [0.1, 0.15) is 10.4 Å². The van der Waals surface area contributed by atoms with Crippen molar-refractivity contribution >= 4 is 28.3 Å². The number of thiazole rings is 1. The Bertz CT molecular complexity index is 977. The first-order valence-electron chi connectivity index (χ1n) is 9.21. The standard InChI is InChI=1S/C18H25N7OS/c1-12(16-19-5-10-27-16)23-6-8-24(9-7-23)17-21-14-13(15(26)22-17)11-20-25(14)18(2,3)4/h5,10-12H,6-9H2,1-4H3,(H,21,22,26). The Hall–Kier alpha value is -2.26. The average Bonchev–Trinajstić information content (AvgIpc) is 3.30. The monoisotopic (exact) mass is 387 g/mol. The molecule has 0 amide bonds. The SMILES string of the molecule is CC(c1nccs1)N1CCN(c2nc3c(cnn3C(C)(C)C)c(=O)[nH]2)CC1. The van der Waals surface area contributed by atoms with E-state index in [1.807, 2.05) is 16.3 Å². The molecule has 0 saturated carbocycles. The van der Waals surface area contributed by atoms with E-state index in [1.165, 1.54) is 0 Å². The Morgan fingerprint density at radius 3 is 2.59 bits per heavy atom. The molecule has 0 radical (unpaired) electrons. The van der Waals surface area contributed by atoms with Crippen LogP contribution in [0.3, 0.4) is 0 Å². The number of aromatic nitrogens is 5. The fraction of sp³-hybridized carbons (Fsp3) is 0.556. The van der Waals surface area contributed by atoms with Gasteiger partial charge in [-0.25, -0.2) is 9.67 Å². The predicted molar refractivity (Wildman–Crippen MR) is 107 cm³/mol. The number of aromatic amines is 1. The zero-order chi connectivity index (χ0) is 19.2. The highest BCUT2D eigenvalue weighted by atomic mass is 32.1. The molecule has 8 nitrogen and oxygen atoms in total. The smallest absolute Gasteiger partial charge is 0.263 e. The molecule has 0 bridgehead atoms. The van der Waals surface area contributed by atoms with Crippen LogP contribution in [-0.2, 0) is 5.54 Å². The summed E-state index contributed by atoms with van der Waals surface area (Å²) in [5.74, 6) is 0.625. The van der Waals surface area contributed by atoms with Gasteiger partial charge in [0.25, 0.3) is 5.56 Å². The normalized spacial score (nSPS) is 17.6. The second-order valence-electron chi connectivity index (χ2n) is 7.92. The summed E-state index contributed by atoms with van der Waals surface area (Å²) in [5, 5.41) is 8.07. The minimum Gasteiger partial charge on any atom is -0.340 e. The Kier molecular flexibility index (Phi) is 4.51. The van der Waals surface area contributed by atoms with Gasteiger partial charge in [-0.05, 0) is 27.7 Å². The van der Waals surface area contributed by atoms with E-state index in [4.69, 9.17) is 4.98 Å². The van der Waals surface area contributed by atoms with E-state index < -0.39 is 0 Å². The van der Waals surface area contributed by atoms with Crippen molar-refractivity contribution in [2.75, 3.05) is 31.1 Å². The lowest BCUT2D eigenvalue weighted by Crippen LogP contribution is -2.48. The number of fused-ring (bicyclic) bond motifs is 1. The number of H-pyrrole nitrogens is 1. The summed E-state index contributed by atoms with van der Waals surface area (Å²) in [7, 11) is 0. The molecule has 0 spiro atoms. The molecule has 4 rings (SSSR count). The second kappa shape index (κ2) is 6.72. The van der Waals surface area contributed by atoms with Gasteiger partial charge >= 0.3 is 0 Å². The first-order valence-corrected chi connectivity index (χ1v) is 10.1. The zero-order valence-electron chi connectivity index (χ0n) is 16.1. The molecular weight excluding hydrogens is 362 g/mol. The second-order valence-corrected chi connectivity index (χ2v) is 8.85. The number of hydrogen-bond donors (Lipinski definition) is 1. The van der Waals surface area contributed by atoms with Gasteiger partial charge < -0.3 is 4.90 Å². The van der Waals surface area contributed by atoms with Crippen molar-refractivity contribution in [1.29, 1.82) is 0 Å². The van der Waals surface area contributed by atoms with E-state index >= 15 is 0 Å². The van der Waals surface area contributed by atoms with Crippen LogP contribution in [0.25, 0.3) is 11.0 Å². The Labute approximate surface area is 161 Å². The molecule has 3 aromatic rings. The summed E-state index contributed by atoms with van der Waals surface area (Å²) >= 11 is 1.69. The minimum absolute atomic E-state index is 0.135. The maximum Gasteiger partial charge on any atom is 0.263 e. The van der Waals surface area contributed by atoms with Crippen LogP contribution in [0, 0.1) is 0 Å². The van der Waals surface area contributed by atoms with Gasteiger partial charge in [-0.2, -0.15) is 10.1 Å². The van der Waals surface area contributed by atoms with E-state index in [0.717, 1.165) is 31.2 Å². The van der Waals surface area contributed by atoms with Crippen molar-refractivity contribution in [3.05, 3.63) is 33.1 Å². The van der Waals surface area contributed by atoms with E-state index in [0.29, 0.717) is 23.0 Å². The average molecular weight is 388 g/mol. The van der Waals surface area contributed by atoms with Crippen molar-refractivity contribution in [3.8, 4) is 0 Å². The summed E-state index contributed by atoms with van der Waals surface area (Å²) in [5.41, 5.74) is 0.269. The molecule has 9 heteroatoms. The van der Waals surface area contributed by atoms with Crippen molar-refractivity contribution in [2.24, 2.45) is 0 Å². The molecule has 0 aromatic carbocycles. The highest BCUT2D eigenvalue weighted by Gasteiger charge is 2.26. The summed E-state index contributed by atoms with van der Waals surface area (Å²) in [6, 6.07) is 0.309. The van der Waals surface area contributed by atoms with E-state index in [9.17, 15) is 4.79 Å². The first-order chi connectivity index (χ1) is 12.8. The third kappa shape index (κ3) is 3.37. The maximum absolute atomic E-state index is 12.5. The summed E-state index contributed by atoms with van der Waals surface area (Å²) in [6.45, 7) is 11.8. The third-order valence-corrected chi connectivity index (χ3v) is 5.98. The molecule has 1 unspecified atom stereocenters. The fourth-order valence-electron chi connectivity index (χ4n) is 3.47. The number of nitrogens with one attached hydrogen (secondary N) is 1. The third-order valence-electron chi connectivity index (χ3n) is 5.03. The van der Waals surface area contributed by atoms with Gasteiger partial charge in [0.2, 0.25) is 5.95 Å². The first kappa shape index (κ1) is 18.1. The van der Waals surface area contributed by atoms with E-state index in [2.05, 4.69) is 52.6 Å². The number of anilines is 1. The van der Waals surface area contributed by atoms with Gasteiger partial charge in [0, 0.05) is 37.8 Å². The van der Waals surface area contributed by atoms with Crippen LogP contribution in [0.1, 0.15) is 38.7 Å². The van der Waals surface area contributed by atoms with Crippen LogP contribution in [0.5, 0.6) is 0 Å². The van der Waals surface area contributed by atoms with Crippen LogP contribution in [0.15, 0.2) is 22.6 Å². The maximum atomic E-state index is 12.5. The minimum atomic E-state index is -0.234. The molecule has 3 aromatic heterocycles. The molecule has 1 saturated heterocycles. The van der Waals surface area contributed by atoms with Gasteiger partial charge in [0.15, 0.2) is 5.65 Å². The van der Waals surface area contributed by atoms with Gasteiger partial charge in [0.05, 0.1) is 17.8 Å².